The van der Waals surface area contributed by atoms with Crippen molar-refractivity contribution in [1.82, 2.24) is 25.4 Å². The molecule has 0 spiro atoms. The molecule has 0 aliphatic heterocycles. The van der Waals surface area contributed by atoms with Crippen LogP contribution in [-0.2, 0) is 6.54 Å². The molecule has 0 aliphatic carbocycles. The Kier molecular flexibility index (Phi) is 7.77. The van der Waals surface area contributed by atoms with Gasteiger partial charge in [-0.15, -0.1) is 45.5 Å². The average Bonchev–Trinajstić information content (AvgIpc) is 3.41. The van der Waals surface area contributed by atoms with Gasteiger partial charge in [-0.3, -0.25) is 9.56 Å². The van der Waals surface area contributed by atoms with Gasteiger partial charge in [-0.25, -0.2) is 0 Å². The second-order valence-electron chi connectivity index (χ2n) is 6.46. The van der Waals surface area contributed by atoms with Crippen molar-refractivity contribution in [2.45, 2.75) is 12.6 Å². The normalized spacial score (nSPS) is 12.4. The van der Waals surface area contributed by atoms with Crippen LogP contribution in [0.15, 0.2) is 72.0 Å². The van der Waals surface area contributed by atoms with E-state index in [1.54, 1.807) is 24.7 Å². The average molecular weight is 534 g/mol. The summed E-state index contributed by atoms with van der Waals surface area (Å²) in [5.74, 6) is 1.36. The number of hydrogen-bond acceptors (Lipinski definition) is 5. The third-order valence-electron chi connectivity index (χ3n) is 4.53. The second-order valence-corrected chi connectivity index (χ2v) is 7.58. The first kappa shape index (κ1) is 22.2. The number of aromatic nitrogens is 3. The first-order valence-electron chi connectivity index (χ1n) is 9.30. The molecule has 2 aromatic heterocycles. The van der Waals surface area contributed by atoms with E-state index in [9.17, 15) is 5.11 Å². The van der Waals surface area contributed by atoms with Crippen LogP contribution in [0.2, 0.25) is 0 Å². The van der Waals surface area contributed by atoms with Crippen molar-refractivity contribution in [3.05, 3.63) is 77.7 Å². The maximum absolute atomic E-state index is 10.5. The Morgan fingerprint density at radius 1 is 1.13 bits per heavy atom. The number of thiophene rings is 1. The van der Waals surface area contributed by atoms with Gasteiger partial charge in [0.25, 0.3) is 0 Å². The molecule has 0 amide bonds. The van der Waals surface area contributed by atoms with Crippen LogP contribution < -0.4 is 10.6 Å². The summed E-state index contributed by atoms with van der Waals surface area (Å²) in [5.41, 5.74) is 0.998. The molecule has 0 bridgehead atoms. The highest BCUT2D eigenvalue weighted by atomic mass is 127. The van der Waals surface area contributed by atoms with Crippen molar-refractivity contribution in [3.8, 4) is 5.69 Å². The van der Waals surface area contributed by atoms with Crippen molar-refractivity contribution in [3.63, 3.8) is 0 Å². The van der Waals surface area contributed by atoms with Crippen LogP contribution in [0.4, 0.5) is 0 Å². The fourth-order valence-corrected chi connectivity index (χ4v) is 4.08. The van der Waals surface area contributed by atoms with Crippen molar-refractivity contribution in [2.24, 2.45) is 4.99 Å². The second kappa shape index (κ2) is 10.5. The predicted octanol–water partition coefficient (Wildman–Crippen LogP) is 3.50. The number of para-hydroxylation sites is 1. The molecular formula is C21H23IN6OS. The van der Waals surface area contributed by atoms with Gasteiger partial charge < -0.3 is 15.7 Å². The van der Waals surface area contributed by atoms with Gasteiger partial charge in [-0.1, -0.05) is 36.4 Å². The van der Waals surface area contributed by atoms with E-state index in [1.807, 2.05) is 53.1 Å². The van der Waals surface area contributed by atoms with E-state index in [4.69, 9.17) is 0 Å². The van der Waals surface area contributed by atoms with Gasteiger partial charge in [-0.05, 0) is 29.7 Å². The molecule has 1 unspecified atom stereocenters. The van der Waals surface area contributed by atoms with Crippen molar-refractivity contribution in [1.29, 1.82) is 0 Å². The molecule has 1 atom stereocenters. The maximum Gasteiger partial charge on any atom is 0.191 e. The van der Waals surface area contributed by atoms with Crippen LogP contribution in [-0.4, -0.2) is 39.4 Å². The number of benzene rings is 2. The molecule has 7 nitrogen and oxygen atoms in total. The molecule has 9 heteroatoms. The Morgan fingerprint density at radius 2 is 1.90 bits per heavy atom. The maximum atomic E-state index is 10.5. The molecule has 3 N–H and O–H groups in total. The predicted molar refractivity (Wildman–Crippen MR) is 132 cm³/mol. The van der Waals surface area contributed by atoms with E-state index in [1.165, 1.54) is 4.70 Å². The van der Waals surface area contributed by atoms with Crippen molar-refractivity contribution >= 4 is 51.4 Å². The van der Waals surface area contributed by atoms with Crippen molar-refractivity contribution < 1.29 is 5.11 Å². The van der Waals surface area contributed by atoms with Gasteiger partial charge in [0.1, 0.15) is 12.4 Å². The quantitative estimate of drug-likeness (QED) is 0.200. The molecule has 2 aromatic carbocycles. The van der Waals surface area contributed by atoms with Crippen LogP contribution in [0.3, 0.4) is 0 Å². The fourth-order valence-electron chi connectivity index (χ4n) is 3.03. The van der Waals surface area contributed by atoms with E-state index >= 15 is 0 Å². The summed E-state index contributed by atoms with van der Waals surface area (Å²) in [6.45, 7) is 0.811. The van der Waals surface area contributed by atoms with E-state index in [0.29, 0.717) is 19.0 Å². The van der Waals surface area contributed by atoms with Crippen LogP contribution >= 0.6 is 35.3 Å². The lowest BCUT2D eigenvalue weighted by Crippen LogP contribution is -2.39. The van der Waals surface area contributed by atoms with Crippen LogP contribution in [0, 0.1) is 0 Å². The van der Waals surface area contributed by atoms with E-state index < -0.39 is 6.10 Å². The molecule has 0 saturated heterocycles. The van der Waals surface area contributed by atoms with Gasteiger partial charge in [-0.2, -0.15) is 0 Å². The molecule has 4 rings (SSSR count). The molecule has 0 aliphatic rings. The number of nitrogens with one attached hydrogen (secondary N) is 2. The topological polar surface area (TPSA) is 87.4 Å². The van der Waals surface area contributed by atoms with E-state index in [2.05, 4.69) is 38.0 Å². The number of guanidine groups is 1. The number of aliphatic imine (C=N–C) groups is 1. The van der Waals surface area contributed by atoms with Gasteiger partial charge in [0.2, 0.25) is 0 Å². The molecule has 0 saturated carbocycles. The summed E-state index contributed by atoms with van der Waals surface area (Å²) in [5, 5.41) is 26.3. The van der Waals surface area contributed by atoms with Crippen LogP contribution in [0.25, 0.3) is 15.8 Å². The lowest BCUT2D eigenvalue weighted by molar-refractivity contribution is 0.184. The minimum Gasteiger partial charge on any atom is -0.386 e. The Labute approximate surface area is 195 Å². The number of aliphatic hydroxyl groups is 1. The van der Waals surface area contributed by atoms with E-state index in [-0.39, 0.29) is 24.0 Å². The minimum absolute atomic E-state index is 0. The van der Waals surface area contributed by atoms with Crippen molar-refractivity contribution in [2.75, 3.05) is 13.6 Å². The number of fused-ring (bicyclic) bond motifs is 1. The molecule has 156 valence electrons. The Hall–Kier alpha value is -2.50. The Bertz CT molecular complexity index is 1080. The zero-order valence-electron chi connectivity index (χ0n) is 16.4. The number of nitrogens with zero attached hydrogens (tertiary/aromatic N) is 4. The summed E-state index contributed by atoms with van der Waals surface area (Å²) < 4.78 is 3.09. The third-order valence-corrected chi connectivity index (χ3v) is 5.74. The minimum atomic E-state index is -0.612. The highest BCUT2D eigenvalue weighted by Crippen LogP contribution is 2.29. The standard InChI is InChI=1S/C21H22N6OS.HI/c1-22-21(23-12-17(28)19-11-15-7-5-6-10-18(15)29-19)24-13-20-26-25-14-27(20)16-8-3-2-4-9-16;/h2-11,14,17,28H,12-13H2,1H3,(H2,22,23,24);1H. The lowest BCUT2D eigenvalue weighted by atomic mass is 10.2. The molecule has 0 radical (unpaired) electrons. The lowest BCUT2D eigenvalue weighted by Gasteiger charge is -2.14. The van der Waals surface area contributed by atoms with E-state index in [0.717, 1.165) is 21.8 Å². The summed E-state index contributed by atoms with van der Waals surface area (Å²) in [4.78, 5) is 5.16. The SMILES string of the molecule is CN=C(NCc1nncn1-c1ccccc1)NCC(O)c1cc2ccccc2s1.I. The molecular weight excluding hydrogens is 511 g/mol. The first-order valence-corrected chi connectivity index (χ1v) is 10.1. The summed E-state index contributed by atoms with van der Waals surface area (Å²) in [6, 6.07) is 20.1. The molecule has 30 heavy (non-hydrogen) atoms. The smallest absolute Gasteiger partial charge is 0.191 e. The summed E-state index contributed by atoms with van der Waals surface area (Å²) in [7, 11) is 1.70. The van der Waals surface area contributed by atoms with Gasteiger partial charge in [0, 0.05) is 28.9 Å². The molecule has 4 aromatic rings. The largest absolute Gasteiger partial charge is 0.386 e. The summed E-state index contributed by atoms with van der Waals surface area (Å²) >= 11 is 1.60. The van der Waals surface area contributed by atoms with Crippen LogP contribution in [0.1, 0.15) is 16.8 Å². The van der Waals surface area contributed by atoms with Gasteiger partial charge in [0.15, 0.2) is 11.8 Å². The van der Waals surface area contributed by atoms with Gasteiger partial charge in [0.05, 0.1) is 6.54 Å². The number of hydrogen-bond donors (Lipinski definition) is 3. The highest BCUT2D eigenvalue weighted by Gasteiger charge is 2.13. The third kappa shape index (κ3) is 5.15. The molecule has 2 heterocycles. The number of rotatable bonds is 6. The summed E-state index contributed by atoms with van der Waals surface area (Å²) in [6.07, 6.45) is 1.08. The van der Waals surface area contributed by atoms with Crippen LogP contribution in [0.5, 0.6) is 0 Å². The first-order chi connectivity index (χ1) is 14.2. The fraction of sp³-hybridized carbons (Fsp3) is 0.190. The number of halogens is 1. The molecule has 0 fully saturated rings. The zero-order valence-corrected chi connectivity index (χ0v) is 19.5. The Balaban J connectivity index is 0.00000256. The highest BCUT2D eigenvalue weighted by molar-refractivity contribution is 14.0. The van der Waals surface area contributed by atoms with Gasteiger partial charge >= 0.3 is 0 Å². The monoisotopic (exact) mass is 534 g/mol. The number of aliphatic hydroxyl groups excluding tert-OH is 1. The Morgan fingerprint density at radius 3 is 2.67 bits per heavy atom. The zero-order chi connectivity index (χ0) is 20.1.